The van der Waals surface area contributed by atoms with E-state index in [9.17, 15) is 13.2 Å². The molecule has 9 heteroatoms. The fourth-order valence-corrected chi connectivity index (χ4v) is 5.56. The molecule has 0 bridgehead atoms. The number of aromatic amines is 1. The van der Waals surface area contributed by atoms with E-state index in [1.807, 2.05) is 6.07 Å². The van der Waals surface area contributed by atoms with Gasteiger partial charge in [0.2, 0.25) is 10.0 Å². The zero-order valence-electron chi connectivity index (χ0n) is 17.4. The summed E-state index contributed by atoms with van der Waals surface area (Å²) in [6, 6.07) is 3.28. The Morgan fingerprint density at radius 2 is 1.93 bits per heavy atom. The third kappa shape index (κ3) is 4.90. The maximum Gasteiger partial charge on any atom is 0.273 e. The normalized spacial score (nSPS) is 15.7. The van der Waals surface area contributed by atoms with Crippen molar-refractivity contribution in [2.75, 3.05) is 18.4 Å². The summed E-state index contributed by atoms with van der Waals surface area (Å²) in [5.74, 6) is 0.743. The summed E-state index contributed by atoms with van der Waals surface area (Å²) in [6.07, 6.45) is 8.80. The van der Waals surface area contributed by atoms with Crippen molar-refractivity contribution in [3.63, 3.8) is 0 Å². The molecular weight excluding hydrogens is 390 g/mol. The molecule has 1 aliphatic carbocycles. The van der Waals surface area contributed by atoms with Crippen molar-refractivity contribution < 1.29 is 13.2 Å². The zero-order chi connectivity index (χ0) is 21.0. The van der Waals surface area contributed by atoms with Crippen molar-refractivity contribution in [2.24, 2.45) is 13.0 Å². The Hall–Kier alpha value is -2.13. The van der Waals surface area contributed by atoms with Crippen molar-refractivity contribution in [1.82, 2.24) is 19.1 Å². The van der Waals surface area contributed by atoms with Gasteiger partial charge in [0.15, 0.2) is 5.82 Å². The van der Waals surface area contributed by atoms with Crippen LogP contribution >= 0.6 is 0 Å². The number of carbonyl (C=O) groups excluding carboxylic acids is 1. The van der Waals surface area contributed by atoms with Crippen molar-refractivity contribution in [1.29, 1.82) is 0 Å². The van der Waals surface area contributed by atoms with Gasteiger partial charge < -0.3 is 9.88 Å². The lowest BCUT2D eigenvalue weighted by molar-refractivity contribution is 0.101. The lowest BCUT2D eigenvalue weighted by Crippen LogP contribution is -2.30. The molecule has 8 nitrogen and oxygen atoms in total. The van der Waals surface area contributed by atoms with Crippen LogP contribution in [0.25, 0.3) is 0 Å². The van der Waals surface area contributed by atoms with Gasteiger partial charge in [-0.05, 0) is 18.4 Å². The molecule has 2 aromatic rings. The molecule has 0 aromatic carbocycles. The van der Waals surface area contributed by atoms with E-state index in [-0.39, 0.29) is 16.5 Å². The third-order valence-electron chi connectivity index (χ3n) is 5.66. The largest absolute Gasteiger partial charge is 0.345 e. The Kier molecular flexibility index (Phi) is 6.79. The first-order valence-electron chi connectivity index (χ1n) is 10.4. The molecule has 0 aliphatic heterocycles. The van der Waals surface area contributed by atoms with E-state index < -0.39 is 10.0 Å². The third-order valence-corrected chi connectivity index (χ3v) is 7.68. The van der Waals surface area contributed by atoms with Crippen LogP contribution in [0, 0.1) is 5.92 Å². The first-order chi connectivity index (χ1) is 13.8. The molecule has 0 radical (unpaired) electrons. The van der Waals surface area contributed by atoms with Crippen molar-refractivity contribution in [3.8, 4) is 0 Å². The molecule has 3 rings (SSSR count). The van der Waals surface area contributed by atoms with E-state index >= 15 is 0 Å². The molecule has 1 aliphatic rings. The smallest absolute Gasteiger partial charge is 0.273 e. The molecule has 0 saturated heterocycles. The molecule has 29 heavy (non-hydrogen) atoms. The van der Waals surface area contributed by atoms with Crippen LogP contribution in [-0.4, -0.2) is 46.5 Å². The number of hydrogen-bond donors (Lipinski definition) is 2. The molecule has 1 amide bonds. The van der Waals surface area contributed by atoms with E-state index in [0.717, 1.165) is 12.1 Å². The van der Waals surface area contributed by atoms with Crippen LogP contribution in [-0.2, 0) is 23.5 Å². The number of anilines is 1. The summed E-state index contributed by atoms with van der Waals surface area (Å²) in [5, 5.41) is 9.97. The summed E-state index contributed by atoms with van der Waals surface area (Å²) >= 11 is 0. The summed E-state index contributed by atoms with van der Waals surface area (Å²) < 4.78 is 28.3. The minimum Gasteiger partial charge on any atom is -0.345 e. The Bertz CT molecular complexity index is 937. The van der Waals surface area contributed by atoms with Crippen LogP contribution < -0.4 is 5.32 Å². The minimum atomic E-state index is -3.61. The molecule has 160 valence electrons. The summed E-state index contributed by atoms with van der Waals surface area (Å²) in [5.41, 5.74) is 1.29. The first-order valence-corrected chi connectivity index (χ1v) is 11.8. The number of nitrogens with one attached hydrogen (secondary N) is 2. The maximum absolute atomic E-state index is 12.7. The molecule has 2 aromatic heterocycles. The predicted molar refractivity (Wildman–Crippen MR) is 112 cm³/mol. The molecule has 1 saturated carbocycles. The van der Waals surface area contributed by atoms with E-state index in [0.29, 0.717) is 24.8 Å². The summed E-state index contributed by atoms with van der Waals surface area (Å²) in [7, 11) is -1.95. The molecular formula is C20H31N5O3S. The van der Waals surface area contributed by atoms with E-state index in [2.05, 4.69) is 15.5 Å². The van der Waals surface area contributed by atoms with Gasteiger partial charge in [-0.3, -0.25) is 9.89 Å². The van der Waals surface area contributed by atoms with Gasteiger partial charge in [0.1, 0.15) is 10.6 Å². The van der Waals surface area contributed by atoms with Crippen molar-refractivity contribution in [3.05, 3.63) is 29.7 Å². The Morgan fingerprint density at radius 3 is 2.59 bits per heavy atom. The van der Waals surface area contributed by atoms with E-state index in [1.165, 1.54) is 53.2 Å². The van der Waals surface area contributed by atoms with Crippen LogP contribution in [0.15, 0.2) is 23.2 Å². The van der Waals surface area contributed by atoms with Gasteiger partial charge in [-0.25, -0.2) is 8.42 Å². The Balaban J connectivity index is 1.69. The number of amides is 1. The topological polar surface area (TPSA) is 100 Å². The zero-order valence-corrected chi connectivity index (χ0v) is 18.3. The molecule has 1 fully saturated rings. The van der Waals surface area contributed by atoms with Crippen molar-refractivity contribution >= 4 is 21.7 Å². The number of aromatic nitrogens is 3. The Labute approximate surface area is 172 Å². The number of aryl methyl sites for hydroxylation is 1. The fourth-order valence-electron chi connectivity index (χ4n) is 4.03. The number of H-pyrrole nitrogens is 1. The van der Waals surface area contributed by atoms with Crippen LogP contribution in [0.2, 0.25) is 0 Å². The van der Waals surface area contributed by atoms with Gasteiger partial charge in [0.25, 0.3) is 5.91 Å². The number of hydrogen-bond acceptors (Lipinski definition) is 4. The van der Waals surface area contributed by atoms with Gasteiger partial charge in [0, 0.05) is 38.1 Å². The van der Waals surface area contributed by atoms with Gasteiger partial charge in [0.05, 0.1) is 0 Å². The average Bonchev–Trinajstić information content (AvgIpc) is 3.30. The van der Waals surface area contributed by atoms with Gasteiger partial charge in [-0.2, -0.15) is 9.40 Å². The number of carbonyl (C=O) groups is 1. The van der Waals surface area contributed by atoms with Crippen LogP contribution in [0.4, 0.5) is 5.82 Å². The van der Waals surface area contributed by atoms with Crippen LogP contribution in [0.3, 0.4) is 0 Å². The fraction of sp³-hybridized carbons (Fsp3) is 0.600. The minimum absolute atomic E-state index is 0.119. The van der Waals surface area contributed by atoms with Crippen LogP contribution in [0.1, 0.15) is 62.1 Å². The van der Waals surface area contributed by atoms with Gasteiger partial charge in [-0.1, -0.05) is 46.0 Å². The first kappa shape index (κ1) is 21.6. The van der Waals surface area contributed by atoms with Crippen molar-refractivity contribution in [2.45, 2.75) is 57.3 Å². The molecule has 0 unspecified atom stereocenters. The predicted octanol–water partition coefficient (Wildman–Crippen LogP) is 3.15. The second-order valence-corrected chi connectivity index (χ2v) is 9.64. The quantitative estimate of drug-likeness (QED) is 0.684. The number of sulfonamides is 1. The standard InChI is InChI=1S/C20H31N5O3S/c1-4-25(5-2)29(27,28)17-13-18(24(3)14-17)20(26)21-19-12-16(22-23-19)11-15-9-7-6-8-10-15/h12-15H,4-11H2,1-3H3,(H2,21,22,23,26). The SMILES string of the molecule is CCN(CC)S(=O)(=O)c1cc(C(=O)Nc2cc(CC3CCCCC3)[nH]n2)n(C)c1. The van der Waals surface area contributed by atoms with Gasteiger partial charge in [-0.15, -0.1) is 0 Å². The van der Waals surface area contributed by atoms with E-state index in [4.69, 9.17) is 0 Å². The second kappa shape index (κ2) is 9.13. The molecule has 2 heterocycles. The molecule has 2 N–H and O–H groups in total. The highest BCUT2D eigenvalue weighted by Gasteiger charge is 2.25. The maximum atomic E-state index is 12.7. The summed E-state index contributed by atoms with van der Waals surface area (Å²) in [6.45, 7) is 4.35. The molecule has 0 spiro atoms. The number of rotatable bonds is 8. The Morgan fingerprint density at radius 1 is 1.24 bits per heavy atom. The highest BCUT2D eigenvalue weighted by molar-refractivity contribution is 7.89. The lowest BCUT2D eigenvalue weighted by atomic mass is 9.86. The number of nitrogens with zero attached hydrogens (tertiary/aromatic N) is 3. The molecule has 0 atom stereocenters. The van der Waals surface area contributed by atoms with E-state index in [1.54, 1.807) is 20.9 Å². The highest BCUT2D eigenvalue weighted by Crippen LogP contribution is 2.27. The lowest BCUT2D eigenvalue weighted by Gasteiger charge is -2.20. The monoisotopic (exact) mass is 421 g/mol. The average molecular weight is 422 g/mol. The highest BCUT2D eigenvalue weighted by atomic mass is 32.2. The summed E-state index contributed by atoms with van der Waals surface area (Å²) in [4.78, 5) is 12.8. The van der Waals surface area contributed by atoms with Crippen LogP contribution in [0.5, 0.6) is 0 Å². The van der Waals surface area contributed by atoms with Gasteiger partial charge >= 0.3 is 0 Å². The second-order valence-electron chi connectivity index (χ2n) is 7.70.